The van der Waals surface area contributed by atoms with E-state index in [1.54, 1.807) is 36.0 Å². The maximum atomic E-state index is 12.5. The average Bonchev–Trinajstić information content (AvgIpc) is 3.17. The summed E-state index contributed by atoms with van der Waals surface area (Å²) in [6.07, 6.45) is 1.11. The molecule has 1 atom stereocenters. The van der Waals surface area contributed by atoms with Crippen molar-refractivity contribution >= 4 is 21.9 Å². The Morgan fingerprint density at radius 2 is 1.55 bits per heavy atom. The Morgan fingerprint density at radius 3 is 2.05 bits per heavy atom. The topological polar surface area (TPSA) is 89.6 Å². The number of aryl methyl sites for hydroxylation is 2. The lowest BCUT2D eigenvalue weighted by Gasteiger charge is -2.28. The molecule has 1 aromatic heterocycles. The highest BCUT2D eigenvalue weighted by molar-refractivity contribution is 7.99. The van der Waals surface area contributed by atoms with Crippen LogP contribution in [0.2, 0.25) is 0 Å². The summed E-state index contributed by atoms with van der Waals surface area (Å²) >= 11 is 1.67. The predicted molar refractivity (Wildman–Crippen MR) is 154 cm³/mol. The summed E-state index contributed by atoms with van der Waals surface area (Å²) in [5, 5.41) is 11.0. The van der Waals surface area contributed by atoms with Crippen LogP contribution in [0, 0.1) is 13.8 Å². The van der Waals surface area contributed by atoms with Crippen molar-refractivity contribution in [2.45, 2.75) is 101 Å². The summed E-state index contributed by atoms with van der Waals surface area (Å²) in [5.74, 6) is 1.62. The van der Waals surface area contributed by atoms with E-state index >= 15 is 0 Å². The summed E-state index contributed by atoms with van der Waals surface area (Å²) in [4.78, 5) is 5.92. The molecule has 38 heavy (non-hydrogen) atoms. The van der Waals surface area contributed by atoms with Gasteiger partial charge in [-0.3, -0.25) is 4.18 Å². The number of hydrogen-bond donors (Lipinski definition) is 1. The fourth-order valence-electron chi connectivity index (χ4n) is 4.13. The summed E-state index contributed by atoms with van der Waals surface area (Å²) in [6.45, 7) is 18.4. The van der Waals surface area contributed by atoms with Gasteiger partial charge in [0.2, 0.25) is 5.89 Å². The maximum absolute atomic E-state index is 12.5. The Bertz CT molecular complexity index is 1330. The number of phenolic OH excluding ortho intramolecular Hbond substituents is 1. The fraction of sp³-hybridized carbons (Fsp3) is 0.500. The van der Waals surface area contributed by atoms with Gasteiger partial charge in [-0.1, -0.05) is 66.2 Å². The zero-order valence-electron chi connectivity index (χ0n) is 24.0. The van der Waals surface area contributed by atoms with Gasteiger partial charge in [-0.2, -0.15) is 8.42 Å². The van der Waals surface area contributed by atoms with Crippen molar-refractivity contribution in [1.82, 2.24) is 4.98 Å². The van der Waals surface area contributed by atoms with Gasteiger partial charge >= 0.3 is 0 Å². The molecule has 8 heteroatoms. The van der Waals surface area contributed by atoms with E-state index in [-0.39, 0.29) is 27.6 Å². The summed E-state index contributed by atoms with van der Waals surface area (Å²) in [7, 11) is -3.83. The molecule has 208 valence electrons. The van der Waals surface area contributed by atoms with Crippen LogP contribution >= 0.6 is 11.8 Å². The molecule has 0 saturated carbocycles. The van der Waals surface area contributed by atoms with E-state index in [4.69, 9.17) is 13.6 Å². The molecule has 1 heterocycles. The van der Waals surface area contributed by atoms with E-state index in [2.05, 4.69) is 60.6 Å². The number of phenols is 1. The monoisotopic (exact) mass is 559 g/mol. The van der Waals surface area contributed by atoms with Crippen molar-refractivity contribution in [1.29, 1.82) is 0 Å². The Kier molecular flexibility index (Phi) is 9.11. The quantitative estimate of drug-likeness (QED) is 0.211. The third kappa shape index (κ3) is 7.21. The summed E-state index contributed by atoms with van der Waals surface area (Å²) < 4.78 is 36.4. The van der Waals surface area contributed by atoms with Crippen molar-refractivity contribution in [3.05, 3.63) is 70.4 Å². The molecule has 0 bridgehead atoms. The summed E-state index contributed by atoms with van der Waals surface area (Å²) in [5.41, 5.74) is 3.07. The first kappa shape index (κ1) is 30.3. The number of aromatic hydroxyl groups is 1. The van der Waals surface area contributed by atoms with Crippen LogP contribution in [0.5, 0.6) is 5.75 Å². The number of thioether (sulfide) groups is 1. The SMILES string of the molecule is CCC(Sc1cc(C(C)(C)C)c(O)c(C(C)(C)C)c1)c1nc(CCOS(=O)(=O)c2ccc(C)cc2)c(C)o1. The Labute approximate surface area is 232 Å². The number of hydrogen-bond acceptors (Lipinski definition) is 7. The van der Waals surface area contributed by atoms with E-state index in [0.717, 1.165) is 28.0 Å². The molecule has 0 fully saturated rings. The van der Waals surface area contributed by atoms with Crippen molar-refractivity contribution in [3.8, 4) is 5.75 Å². The zero-order chi connectivity index (χ0) is 28.5. The van der Waals surface area contributed by atoms with Crippen LogP contribution in [0.4, 0.5) is 0 Å². The number of rotatable bonds is 9. The zero-order valence-corrected chi connectivity index (χ0v) is 25.6. The van der Waals surface area contributed by atoms with Gasteiger partial charge in [-0.25, -0.2) is 4.98 Å². The highest BCUT2D eigenvalue weighted by atomic mass is 32.2. The molecule has 0 aliphatic carbocycles. The third-order valence-electron chi connectivity index (χ3n) is 6.42. The molecule has 3 aromatic rings. The van der Waals surface area contributed by atoms with E-state index in [1.807, 2.05) is 13.8 Å². The van der Waals surface area contributed by atoms with Gasteiger partial charge in [0.05, 0.1) is 22.4 Å². The van der Waals surface area contributed by atoms with Crippen LogP contribution in [-0.4, -0.2) is 25.1 Å². The Hall–Kier alpha value is -2.29. The lowest BCUT2D eigenvalue weighted by Crippen LogP contribution is -2.17. The van der Waals surface area contributed by atoms with Gasteiger partial charge in [-0.05, 0) is 55.4 Å². The summed E-state index contributed by atoms with van der Waals surface area (Å²) in [6, 6.07) is 10.7. The Morgan fingerprint density at radius 1 is 1.00 bits per heavy atom. The van der Waals surface area contributed by atoms with Gasteiger partial charge in [0.15, 0.2) is 0 Å². The second-order valence-corrected chi connectivity index (χ2v) is 14.7. The highest BCUT2D eigenvalue weighted by Gasteiger charge is 2.28. The smallest absolute Gasteiger partial charge is 0.296 e. The minimum atomic E-state index is -3.83. The van der Waals surface area contributed by atoms with E-state index in [9.17, 15) is 13.5 Å². The van der Waals surface area contributed by atoms with Crippen LogP contribution in [-0.2, 0) is 31.6 Å². The van der Waals surface area contributed by atoms with Gasteiger partial charge in [-0.15, -0.1) is 11.8 Å². The highest BCUT2D eigenvalue weighted by Crippen LogP contribution is 2.45. The van der Waals surface area contributed by atoms with E-state index < -0.39 is 10.1 Å². The van der Waals surface area contributed by atoms with Gasteiger partial charge in [0.1, 0.15) is 11.5 Å². The molecule has 3 rings (SSSR count). The van der Waals surface area contributed by atoms with Crippen molar-refractivity contribution in [2.24, 2.45) is 0 Å². The molecule has 0 aliphatic heterocycles. The largest absolute Gasteiger partial charge is 0.507 e. The first-order valence-corrected chi connectivity index (χ1v) is 15.3. The number of nitrogens with zero attached hydrogens (tertiary/aromatic N) is 1. The second kappa shape index (κ2) is 11.4. The molecule has 6 nitrogen and oxygen atoms in total. The molecule has 1 unspecified atom stereocenters. The van der Waals surface area contributed by atoms with Crippen molar-refractivity contribution in [3.63, 3.8) is 0 Å². The minimum Gasteiger partial charge on any atom is -0.507 e. The normalized spacial score (nSPS) is 13.6. The lowest BCUT2D eigenvalue weighted by atomic mass is 9.79. The van der Waals surface area contributed by atoms with Crippen LogP contribution in [0.1, 0.15) is 94.2 Å². The molecule has 0 spiro atoms. The average molecular weight is 560 g/mol. The predicted octanol–water partition coefficient (Wildman–Crippen LogP) is 7.78. The Balaban J connectivity index is 1.79. The van der Waals surface area contributed by atoms with Crippen molar-refractivity contribution < 1.29 is 22.1 Å². The number of aromatic nitrogens is 1. The maximum Gasteiger partial charge on any atom is 0.296 e. The number of benzene rings is 2. The molecule has 2 aromatic carbocycles. The van der Waals surface area contributed by atoms with Crippen LogP contribution < -0.4 is 0 Å². The first-order chi connectivity index (χ1) is 17.5. The van der Waals surface area contributed by atoms with Gasteiger partial charge in [0, 0.05) is 22.4 Å². The third-order valence-corrected chi connectivity index (χ3v) is 9.07. The second-order valence-electron chi connectivity index (χ2n) is 11.8. The molecule has 0 amide bonds. The molecular weight excluding hydrogens is 518 g/mol. The van der Waals surface area contributed by atoms with Gasteiger partial charge in [0.25, 0.3) is 10.1 Å². The van der Waals surface area contributed by atoms with E-state index in [1.165, 1.54) is 0 Å². The molecule has 1 N–H and O–H groups in total. The fourth-order valence-corrected chi connectivity index (χ4v) is 6.11. The van der Waals surface area contributed by atoms with E-state index in [0.29, 0.717) is 29.5 Å². The molecular formula is C30H41NO5S2. The van der Waals surface area contributed by atoms with Crippen LogP contribution in [0.3, 0.4) is 0 Å². The number of oxazole rings is 1. The molecule has 0 saturated heterocycles. The molecule has 0 radical (unpaired) electrons. The van der Waals surface area contributed by atoms with Crippen molar-refractivity contribution in [2.75, 3.05) is 6.61 Å². The minimum absolute atomic E-state index is 0.0190. The molecule has 0 aliphatic rings. The lowest BCUT2D eigenvalue weighted by molar-refractivity contribution is 0.320. The van der Waals surface area contributed by atoms with Crippen LogP contribution in [0.15, 0.2) is 50.6 Å². The standard InChI is InChI=1S/C30H41NO5S2/c1-10-26(37-21-17-23(29(4,5)6)27(32)24(18-21)30(7,8)9)28-31-25(20(3)36-28)15-16-35-38(33,34)22-13-11-19(2)12-14-22/h11-14,17-18,26,32H,10,15-16H2,1-9H3. The van der Waals surface area contributed by atoms with Crippen LogP contribution in [0.25, 0.3) is 0 Å². The first-order valence-electron chi connectivity index (χ1n) is 13.0. The van der Waals surface area contributed by atoms with Gasteiger partial charge < -0.3 is 9.52 Å².